The van der Waals surface area contributed by atoms with Crippen molar-refractivity contribution >= 4 is 21.7 Å². The van der Waals surface area contributed by atoms with E-state index in [9.17, 15) is 23.1 Å². The molecule has 2 aliphatic rings. The van der Waals surface area contributed by atoms with Crippen LogP contribution in [-0.2, 0) is 14.6 Å². The topological polar surface area (TPSA) is 91.8 Å². The second-order valence-corrected chi connectivity index (χ2v) is 9.15. The molecule has 25 heavy (non-hydrogen) atoms. The molecule has 0 radical (unpaired) electrons. The van der Waals surface area contributed by atoms with E-state index in [1.165, 1.54) is 11.0 Å². The minimum atomic E-state index is -3.45. The number of hydrogen-bond acceptors (Lipinski definition) is 4. The number of sulfone groups is 1. The second-order valence-electron chi connectivity index (χ2n) is 7.17. The number of aryl methyl sites for hydroxylation is 1. The molecule has 1 N–H and O–H groups in total. The van der Waals surface area contributed by atoms with E-state index >= 15 is 0 Å². The number of amides is 1. The van der Waals surface area contributed by atoms with Crippen LogP contribution in [0.2, 0.25) is 0 Å². The maximum Gasteiger partial charge on any atom is 0.326 e. The van der Waals surface area contributed by atoms with Crippen molar-refractivity contribution < 1.29 is 23.1 Å². The lowest BCUT2D eigenvalue weighted by Gasteiger charge is -2.33. The highest BCUT2D eigenvalue weighted by atomic mass is 32.2. The monoisotopic (exact) mass is 365 g/mol. The molecule has 0 spiro atoms. The predicted molar refractivity (Wildman–Crippen MR) is 92.2 cm³/mol. The molecule has 0 aromatic heterocycles. The van der Waals surface area contributed by atoms with E-state index in [1.807, 2.05) is 0 Å². The Kier molecular flexibility index (Phi) is 4.62. The van der Waals surface area contributed by atoms with Crippen LogP contribution in [-0.4, -0.2) is 48.6 Å². The SMILES string of the molecule is Cc1ccc(C(=O)N2[C@H](C(=O)O)C[C@H]3CCCC[C@@H]32)cc1S(C)(=O)=O. The number of hydrogen-bond donors (Lipinski definition) is 1. The lowest BCUT2D eigenvalue weighted by Crippen LogP contribution is -2.46. The van der Waals surface area contributed by atoms with Crippen LogP contribution in [0.1, 0.15) is 48.0 Å². The Morgan fingerprint density at radius 3 is 2.52 bits per heavy atom. The Morgan fingerprint density at radius 1 is 1.20 bits per heavy atom. The number of carboxylic acids is 1. The lowest BCUT2D eigenvalue weighted by atomic mass is 9.84. The average Bonchev–Trinajstić information content (AvgIpc) is 2.93. The summed E-state index contributed by atoms with van der Waals surface area (Å²) >= 11 is 0. The van der Waals surface area contributed by atoms with Crippen LogP contribution in [0.5, 0.6) is 0 Å². The van der Waals surface area contributed by atoms with Crippen LogP contribution >= 0.6 is 0 Å². The molecule has 136 valence electrons. The maximum atomic E-state index is 13.1. The first-order chi connectivity index (χ1) is 11.7. The fraction of sp³-hybridized carbons (Fsp3) is 0.556. The fourth-order valence-electron chi connectivity index (χ4n) is 4.25. The van der Waals surface area contributed by atoms with Crippen molar-refractivity contribution in [1.82, 2.24) is 4.90 Å². The molecule has 7 heteroatoms. The van der Waals surface area contributed by atoms with Crippen LogP contribution in [0.15, 0.2) is 23.1 Å². The highest BCUT2D eigenvalue weighted by Gasteiger charge is 2.47. The number of likely N-dealkylation sites (tertiary alicyclic amines) is 1. The summed E-state index contributed by atoms with van der Waals surface area (Å²) < 4.78 is 23.9. The normalized spacial score (nSPS) is 26.3. The van der Waals surface area contributed by atoms with Gasteiger partial charge in [-0.1, -0.05) is 18.9 Å². The highest BCUT2D eigenvalue weighted by molar-refractivity contribution is 7.90. The van der Waals surface area contributed by atoms with E-state index in [0.717, 1.165) is 31.9 Å². The molecule has 1 amide bonds. The summed E-state index contributed by atoms with van der Waals surface area (Å²) in [6, 6.07) is 3.67. The van der Waals surface area contributed by atoms with Gasteiger partial charge >= 0.3 is 5.97 Å². The molecule has 0 unspecified atom stereocenters. The lowest BCUT2D eigenvalue weighted by molar-refractivity contribution is -0.141. The van der Waals surface area contributed by atoms with Gasteiger partial charge in [0.15, 0.2) is 9.84 Å². The first-order valence-corrected chi connectivity index (χ1v) is 10.5. The first kappa shape index (κ1) is 17.9. The Bertz CT molecular complexity index is 817. The summed E-state index contributed by atoms with van der Waals surface area (Å²) in [5, 5.41) is 9.56. The van der Waals surface area contributed by atoms with E-state index in [4.69, 9.17) is 0 Å². The van der Waals surface area contributed by atoms with Gasteiger partial charge in [0.05, 0.1) is 4.90 Å². The van der Waals surface area contributed by atoms with Crippen LogP contribution in [0, 0.1) is 12.8 Å². The average molecular weight is 365 g/mol. The number of carboxylic acid groups (broad SMARTS) is 1. The number of carbonyl (C=O) groups is 2. The minimum absolute atomic E-state index is 0.0645. The van der Waals surface area contributed by atoms with Gasteiger partial charge in [-0.25, -0.2) is 13.2 Å². The summed E-state index contributed by atoms with van der Waals surface area (Å²) in [5.41, 5.74) is 0.814. The fourth-order valence-corrected chi connectivity index (χ4v) is 5.25. The highest BCUT2D eigenvalue weighted by Crippen LogP contribution is 2.40. The number of aliphatic carboxylic acids is 1. The third-order valence-electron chi connectivity index (χ3n) is 5.44. The van der Waals surface area contributed by atoms with Gasteiger partial charge in [-0.15, -0.1) is 0 Å². The van der Waals surface area contributed by atoms with E-state index in [2.05, 4.69) is 0 Å². The van der Waals surface area contributed by atoms with Gasteiger partial charge in [0.2, 0.25) is 0 Å². The molecule has 1 aromatic carbocycles. The zero-order chi connectivity index (χ0) is 18.4. The van der Waals surface area contributed by atoms with Crippen molar-refractivity contribution in [2.75, 3.05) is 6.26 Å². The molecule has 0 bridgehead atoms. The Hall–Kier alpha value is -1.89. The van der Waals surface area contributed by atoms with Crippen molar-refractivity contribution in [1.29, 1.82) is 0 Å². The molecule has 1 aromatic rings. The van der Waals surface area contributed by atoms with Gasteiger partial charge in [0, 0.05) is 17.9 Å². The number of fused-ring (bicyclic) bond motifs is 1. The Labute approximate surface area is 147 Å². The molecule has 1 aliphatic carbocycles. The molecule has 6 nitrogen and oxygen atoms in total. The third-order valence-corrected chi connectivity index (χ3v) is 6.68. The Morgan fingerprint density at radius 2 is 1.88 bits per heavy atom. The summed E-state index contributed by atoms with van der Waals surface area (Å²) in [5.74, 6) is -1.15. The molecule has 2 fully saturated rings. The molecule has 1 saturated heterocycles. The van der Waals surface area contributed by atoms with Crippen molar-refractivity contribution in [2.45, 2.75) is 56.0 Å². The molecule has 1 aliphatic heterocycles. The summed E-state index contributed by atoms with van der Waals surface area (Å²) in [7, 11) is -3.45. The van der Waals surface area contributed by atoms with E-state index in [0.29, 0.717) is 12.0 Å². The standard InChI is InChI=1S/C18H23NO5S/c1-11-7-8-13(10-16(11)25(2,23)24)17(20)19-14-6-4-3-5-12(14)9-15(19)18(21)22/h7-8,10,12,14-15H,3-6,9H2,1-2H3,(H,21,22)/t12-,14+,15+/m1/s1. The number of rotatable bonds is 3. The van der Waals surface area contributed by atoms with Crippen LogP contribution in [0.3, 0.4) is 0 Å². The predicted octanol–water partition coefficient (Wildman–Crippen LogP) is 2.26. The van der Waals surface area contributed by atoms with Crippen LogP contribution in [0.25, 0.3) is 0 Å². The molecular weight excluding hydrogens is 342 g/mol. The summed E-state index contributed by atoms with van der Waals surface area (Å²) in [6.45, 7) is 1.68. The summed E-state index contributed by atoms with van der Waals surface area (Å²) in [4.78, 5) is 26.4. The van der Waals surface area contributed by atoms with Gasteiger partial charge in [-0.05, 0) is 49.8 Å². The number of carbonyl (C=O) groups excluding carboxylic acids is 1. The van der Waals surface area contributed by atoms with Crippen LogP contribution < -0.4 is 0 Å². The maximum absolute atomic E-state index is 13.1. The van der Waals surface area contributed by atoms with E-state index in [1.54, 1.807) is 19.1 Å². The van der Waals surface area contributed by atoms with Gasteiger partial charge in [0.25, 0.3) is 5.91 Å². The molecule has 3 rings (SSSR count). The van der Waals surface area contributed by atoms with Gasteiger partial charge < -0.3 is 10.0 Å². The van der Waals surface area contributed by atoms with Crippen LogP contribution in [0.4, 0.5) is 0 Å². The molecular formula is C18H23NO5S. The van der Waals surface area contributed by atoms with Crippen molar-refractivity contribution in [2.24, 2.45) is 5.92 Å². The number of nitrogens with zero attached hydrogens (tertiary/aromatic N) is 1. The second kappa shape index (κ2) is 6.44. The molecule has 3 atom stereocenters. The molecule has 1 saturated carbocycles. The summed E-state index contributed by atoms with van der Waals surface area (Å²) in [6.07, 6.45) is 5.40. The van der Waals surface area contributed by atoms with Gasteiger partial charge in [-0.3, -0.25) is 4.79 Å². The Balaban J connectivity index is 1.99. The van der Waals surface area contributed by atoms with Gasteiger partial charge in [-0.2, -0.15) is 0 Å². The minimum Gasteiger partial charge on any atom is -0.480 e. The van der Waals surface area contributed by atoms with E-state index < -0.39 is 21.8 Å². The quantitative estimate of drug-likeness (QED) is 0.887. The largest absolute Gasteiger partial charge is 0.480 e. The van der Waals surface area contributed by atoms with Crippen molar-refractivity contribution in [3.8, 4) is 0 Å². The van der Waals surface area contributed by atoms with Crippen molar-refractivity contribution in [3.05, 3.63) is 29.3 Å². The van der Waals surface area contributed by atoms with E-state index in [-0.39, 0.29) is 28.3 Å². The number of benzene rings is 1. The zero-order valence-corrected chi connectivity index (χ0v) is 15.3. The van der Waals surface area contributed by atoms with Crippen molar-refractivity contribution in [3.63, 3.8) is 0 Å². The molecule has 1 heterocycles. The third kappa shape index (κ3) is 3.29. The first-order valence-electron chi connectivity index (χ1n) is 8.56. The zero-order valence-electron chi connectivity index (χ0n) is 14.4. The van der Waals surface area contributed by atoms with Gasteiger partial charge in [0.1, 0.15) is 6.04 Å². The smallest absolute Gasteiger partial charge is 0.326 e.